The van der Waals surface area contributed by atoms with Gasteiger partial charge in [-0.15, -0.1) is 0 Å². The van der Waals surface area contributed by atoms with Gasteiger partial charge in [0.2, 0.25) is 0 Å². The molecule has 2 heteroatoms. The maximum Gasteiger partial charge on any atom is 0.0721 e. The smallest absolute Gasteiger partial charge is 0.0721 e. The van der Waals surface area contributed by atoms with Crippen LogP contribution in [0.25, 0.3) is 11.3 Å². The van der Waals surface area contributed by atoms with Gasteiger partial charge in [0.15, 0.2) is 0 Å². The van der Waals surface area contributed by atoms with Gasteiger partial charge >= 0.3 is 0 Å². The lowest BCUT2D eigenvalue weighted by molar-refractivity contribution is 0.698. The van der Waals surface area contributed by atoms with E-state index in [1.807, 2.05) is 12.3 Å². The van der Waals surface area contributed by atoms with Gasteiger partial charge in [-0.05, 0) is 48.9 Å². The number of hydrogen-bond donors (Lipinski definition) is 0. The SMILES string of the molecule is c1cncc(-c2ccc3c(n2)[C@@H]2CC[C@H]3C2)c1. The van der Waals surface area contributed by atoms with E-state index in [-0.39, 0.29) is 0 Å². The summed E-state index contributed by atoms with van der Waals surface area (Å²) in [7, 11) is 0. The highest BCUT2D eigenvalue weighted by molar-refractivity contribution is 5.59. The second kappa shape index (κ2) is 3.39. The first kappa shape index (κ1) is 9.34. The Labute approximate surface area is 101 Å². The lowest BCUT2D eigenvalue weighted by atomic mass is 9.95. The van der Waals surface area contributed by atoms with Crippen molar-refractivity contribution >= 4 is 0 Å². The predicted molar refractivity (Wildman–Crippen MR) is 66.8 cm³/mol. The second-order valence-corrected chi connectivity index (χ2v) is 5.12. The van der Waals surface area contributed by atoms with Crippen molar-refractivity contribution in [2.75, 3.05) is 0 Å². The van der Waals surface area contributed by atoms with E-state index < -0.39 is 0 Å². The third kappa shape index (κ3) is 1.33. The first-order valence-electron chi connectivity index (χ1n) is 6.33. The number of fused-ring (bicyclic) bond motifs is 5. The maximum atomic E-state index is 4.87. The zero-order chi connectivity index (χ0) is 11.2. The van der Waals surface area contributed by atoms with Crippen LogP contribution in [0.3, 0.4) is 0 Å². The molecule has 0 amide bonds. The van der Waals surface area contributed by atoms with E-state index in [4.69, 9.17) is 4.98 Å². The zero-order valence-corrected chi connectivity index (χ0v) is 9.63. The van der Waals surface area contributed by atoms with Crippen molar-refractivity contribution in [1.29, 1.82) is 0 Å². The molecular formula is C15H14N2. The highest BCUT2D eigenvalue weighted by Gasteiger charge is 2.37. The van der Waals surface area contributed by atoms with Crippen molar-refractivity contribution < 1.29 is 0 Å². The molecule has 0 aliphatic heterocycles. The fraction of sp³-hybridized carbons (Fsp3) is 0.333. The van der Waals surface area contributed by atoms with Crippen LogP contribution in [0.1, 0.15) is 42.4 Å². The van der Waals surface area contributed by atoms with E-state index in [9.17, 15) is 0 Å². The summed E-state index contributed by atoms with van der Waals surface area (Å²) >= 11 is 0. The van der Waals surface area contributed by atoms with Crippen LogP contribution in [-0.2, 0) is 0 Å². The molecule has 0 aromatic carbocycles. The Bertz CT molecular complexity index is 562. The molecule has 0 N–H and O–H groups in total. The summed E-state index contributed by atoms with van der Waals surface area (Å²) in [6, 6.07) is 8.48. The number of pyridine rings is 2. The Hall–Kier alpha value is -1.70. The average molecular weight is 222 g/mol. The van der Waals surface area contributed by atoms with Crippen molar-refractivity contribution in [1.82, 2.24) is 9.97 Å². The van der Waals surface area contributed by atoms with Gasteiger partial charge < -0.3 is 0 Å². The van der Waals surface area contributed by atoms with Crippen LogP contribution < -0.4 is 0 Å². The predicted octanol–water partition coefficient (Wildman–Crippen LogP) is 3.51. The third-order valence-corrected chi connectivity index (χ3v) is 4.17. The second-order valence-electron chi connectivity index (χ2n) is 5.12. The molecule has 1 fully saturated rings. The summed E-state index contributed by atoms with van der Waals surface area (Å²) in [5.41, 5.74) is 5.07. The number of aromatic nitrogens is 2. The Morgan fingerprint density at radius 3 is 2.88 bits per heavy atom. The lowest BCUT2D eigenvalue weighted by Gasteiger charge is -2.14. The van der Waals surface area contributed by atoms with Gasteiger partial charge in [-0.3, -0.25) is 9.97 Å². The zero-order valence-electron chi connectivity index (χ0n) is 9.63. The minimum absolute atomic E-state index is 0.728. The molecule has 2 aliphatic rings. The molecule has 2 nitrogen and oxygen atoms in total. The highest BCUT2D eigenvalue weighted by Crippen LogP contribution is 2.52. The minimum Gasteiger partial charge on any atom is -0.264 e. The van der Waals surface area contributed by atoms with Crippen LogP contribution in [0, 0.1) is 0 Å². The molecule has 1 saturated carbocycles. The van der Waals surface area contributed by atoms with E-state index in [0.29, 0.717) is 0 Å². The summed E-state index contributed by atoms with van der Waals surface area (Å²) in [4.78, 5) is 9.03. The maximum absolute atomic E-state index is 4.87. The van der Waals surface area contributed by atoms with Crippen molar-refractivity contribution in [2.45, 2.75) is 31.1 Å². The fourth-order valence-corrected chi connectivity index (χ4v) is 3.35. The molecule has 0 unspecified atom stereocenters. The van der Waals surface area contributed by atoms with Crippen LogP contribution in [0.2, 0.25) is 0 Å². The molecular weight excluding hydrogens is 208 g/mol. The number of rotatable bonds is 1. The molecule has 0 saturated heterocycles. The van der Waals surface area contributed by atoms with Gasteiger partial charge in [-0.1, -0.05) is 6.07 Å². The minimum atomic E-state index is 0.728. The van der Waals surface area contributed by atoms with Gasteiger partial charge in [0.1, 0.15) is 0 Å². The number of hydrogen-bond acceptors (Lipinski definition) is 2. The van der Waals surface area contributed by atoms with E-state index in [1.54, 1.807) is 6.20 Å². The van der Waals surface area contributed by atoms with Crippen molar-refractivity contribution in [3.63, 3.8) is 0 Å². The van der Waals surface area contributed by atoms with Crippen molar-refractivity contribution in [3.05, 3.63) is 47.9 Å². The summed E-state index contributed by atoms with van der Waals surface area (Å²) in [6.45, 7) is 0. The van der Waals surface area contributed by atoms with Gasteiger partial charge in [0, 0.05) is 29.6 Å². The van der Waals surface area contributed by atoms with Gasteiger partial charge in [-0.2, -0.15) is 0 Å². The van der Waals surface area contributed by atoms with Gasteiger partial charge in [-0.25, -0.2) is 0 Å². The van der Waals surface area contributed by atoms with E-state index in [1.165, 1.54) is 30.5 Å². The normalized spacial score (nSPS) is 24.9. The largest absolute Gasteiger partial charge is 0.264 e. The van der Waals surface area contributed by atoms with E-state index in [2.05, 4.69) is 23.2 Å². The fourth-order valence-electron chi connectivity index (χ4n) is 3.35. The number of nitrogens with zero attached hydrogens (tertiary/aromatic N) is 2. The molecule has 2 aliphatic carbocycles. The van der Waals surface area contributed by atoms with Crippen LogP contribution in [-0.4, -0.2) is 9.97 Å². The Kier molecular flexibility index (Phi) is 1.87. The molecule has 0 radical (unpaired) electrons. The molecule has 2 heterocycles. The van der Waals surface area contributed by atoms with E-state index in [0.717, 1.165) is 23.1 Å². The molecule has 84 valence electrons. The van der Waals surface area contributed by atoms with E-state index >= 15 is 0 Å². The first-order chi connectivity index (χ1) is 8.42. The quantitative estimate of drug-likeness (QED) is 0.738. The average Bonchev–Trinajstić information content (AvgIpc) is 3.01. The summed E-state index contributed by atoms with van der Waals surface area (Å²) in [5.74, 6) is 1.53. The summed E-state index contributed by atoms with van der Waals surface area (Å²) in [6.07, 6.45) is 7.73. The molecule has 2 bridgehead atoms. The Balaban J connectivity index is 1.83. The molecule has 0 spiro atoms. The molecule has 2 aromatic heterocycles. The summed E-state index contributed by atoms with van der Waals surface area (Å²) < 4.78 is 0. The molecule has 17 heavy (non-hydrogen) atoms. The van der Waals surface area contributed by atoms with Crippen LogP contribution in [0.15, 0.2) is 36.7 Å². The van der Waals surface area contributed by atoms with Crippen LogP contribution >= 0.6 is 0 Å². The third-order valence-electron chi connectivity index (χ3n) is 4.17. The van der Waals surface area contributed by atoms with Gasteiger partial charge in [0.05, 0.1) is 5.69 Å². The van der Waals surface area contributed by atoms with Gasteiger partial charge in [0.25, 0.3) is 0 Å². The van der Waals surface area contributed by atoms with Crippen LogP contribution in [0.4, 0.5) is 0 Å². The summed E-state index contributed by atoms with van der Waals surface area (Å²) in [5, 5.41) is 0. The first-order valence-corrected chi connectivity index (χ1v) is 6.33. The highest BCUT2D eigenvalue weighted by atomic mass is 14.8. The Morgan fingerprint density at radius 1 is 1.06 bits per heavy atom. The monoisotopic (exact) mass is 222 g/mol. The lowest BCUT2D eigenvalue weighted by Crippen LogP contribution is -2.01. The topological polar surface area (TPSA) is 25.8 Å². The van der Waals surface area contributed by atoms with Crippen LogP contribution in [0.5, 0.6) is 0 Å². The van der Waals surface area contributed by atoms with Crippen molar-refractivity contribution in [2.24, 2.45) is 0 Å². The molecule has 2 atom stereocenters. The molecule has 4 rings (SSSR count). The van der Waals surface area contributed by atoms with Crippen molar-refractivity contribution in [3.8, 4) is 11.3 Å². The Morgan fingerprint density at radius 2 is 2.00 bits per heavy atom. The standard InChI is InChI=1S/C15H14N2/c1-2-12(9-16-7-1)14-6-5-13-10-3-4-11(8-10)15(13)17-14/h1-2,5-7,9-11H,3-4,8H2/t10-,11+/m0/s1. The molecule has 2 aromatic rings.